The lowest BCUT2D eigenvalue weighted by atomic mass is 10.1. The van der Waals surface area contributed by atoms with Crippen LogP contribution in [0.15, 0.2) is 30.3 Å². The molecule has 0 unspecified atom stereocenters. The first kappa shape index (κ1) is 11.9. The molecule has 2 nitrogen and oxygen atoms in total. The number of hydrogen-bond donors (Lipinski definition) is 0. The molecule has 0 aliphatic carbocycles. The van der Waals surface area contributed by atoms with Gasteiger partial charge in [-0.15, -0.1) is 0 Å². The quantitative estimate of drug-likeness (QED) is 0.783. The summed E-state index contributed by atoms with van der Waals surface area (Å²) in [5.41, 5.74) is 3.64. The zero-order valence-electron chi connectivity index (χ0n) is 11.1. The molecule has 0 aliphatic rings. The number of hydrogen-bond acceptors (Lipinski definition) is 1. The molecule has 0 amide bonds. The van der Waals surface area contributed by atoms with Crippen molar-refractivity contribution in [3.63, 3.8) is 0 Å². The van der Waals surface area contributed by atoms with Crippen LogP contribution in [0, 0.1) is 19.8 Å². The zero-order chi connectivity index (χ0) is 12.4. The highest BCUT2D eigenvalue weighted by atomic mass is 15.1. The summed E-state index contributed by atoms with van der Waals surface area (Å²) in [5.74, 6) is 1.67. The van der Waals surface area contributed by atoms with Gasteiger partial charge in [0.15, 0.2) is 0 Å². The summed E-state index contributed by atoms with van der Waals surface area (Å²) in [5, 5.41) is 0. The van der Waals surface area contributed by atoms with E-state index in [0.29, 0.717) is 5.92 Å². The molecule has 0 aromatic carbocycles. The van der Waals surface area contributed by atoms with Crippen LogP contribution in [0.2, 0.25) is 0 Å². The molecular weight excluding hydrogens is 208 g/mol. The summed E-state index contributed by atoms with van der Waals surface area (Å²) in [6.07, 6.45) is 1.03. The molecule has 2 heterocycles. The minimum absolute atomic E-state index is 0.643. The lowest BCUT2D eigenvalue weighted by Gasteiger charge is -2.11. The zero-order valence-corrected chi connectivity index (χ0v) is 11.1. The van der Waals surface area contributed by atoms with Crippen LogP contribution in [0.3, 0.4) is 0 Å². The Kier molecular flexibility index (Phi) is 3.32. The van der Waals surface area contributed by atoms with Crippen LogP contribution in [0.1, 0.15) is 30.9 Å². The fourth-order valence-electron chi connectivity index (χ4n) is 2.15. The van der Waals surface area contributed by atoms with Crippen molar-refractivity contribution in [2.45, 2.75) is 34.1 Å². The van der Waals surface area contributed by atoms with Crippen molar-refractivity contribution in [3.8, 4) is 5.82 Å². The van der Waals surface area contributed by atoms with Crippen molar-refractivity contribution in [2.75, 3.05) is 0 Å². The third-order valence-electron chi connectivity index (χ3n) is 2.91. The van der Waals surface area contributed by atoms with Gasteiger partial charge in [-0.25, -0.2) is 4.98 Å². The van der Waals surface area contributed by atoms with Gasteiger partial charge in [-0.1, -0.05) is 19.9 Å². The van der Waals surface area contributed by atoms with Crippen LogP contribution in [0.4, 0.5) is 0 Å². The normalized spacial score (nSPS) is 11.1. The summed E-state index contributed by atoms with van der Waals surface area (Å²) in [6, 6.07) is 10.5. The molecule has 0 radical (unpaired) electrons. The summed E-state index contributed by atoms with van der Waals surface area (Å²) in [7, 11) is 0. The maximum atomic E-state index is 4.74. The van der Waals surface area contributed by atoms with Gasteiger partial charge in [0.05, 0.1) is 0 Å². The van der Waals surface area contributed by atoms with Crippen molar-refractivity contribution in [2.24, 2.45) is 5.92 Å². The van der Waals surface area contributed by atoms with Gasteiger partial charge in [0, 0.05) is 17.1 Å². The number of aryl methyl sites for hydroxylation is 2. The Labute approximate surface area is 103 Å². The van der Waals surface area contributed by atoms with E-state index in [-0.39, 0.29) is 0 Å². The van der Waals surface area contributed by atoms with Gasteiger partial charge in [-0.3, -0.25) is 0 Å². The lowest BCUT2D eigenvalue weighted by molar-refractivity contribution is 0.633. The van der Waals surface area contributed by atoms with E-state index in [9.17, 15) is 0 Å². The summed E-state index contributed by atoms with van der Waals surface area (Å²) in [4.78, 5) is 4.74. The van der Waals surface area contributed by atoms with Crippen molar-refractivity contribution < 1.29 is 0 Å². The van der Waals surface area contributed by atoms with Crippen molar-refractivity contribution in [3.05, 3.63) is 47.4 Å². The van der Waals surface area contributed by atoms with Crippen LogP contribution in [0.5, 0.6) is 0 Å². The minimum Gasteiger partial charge on any atom is -0.303 e. The van der Waals surface area contributed by atoms with Crippen LogP contribution < -0.4 is 0 Å². The number of aromatic nitrogens is 2. The van der Waals surface area contributed by atoms with Crippen molar-refractivity contribution in [1.82, 2.24) is 9.55 Å². The SMILES string of the molecule is Cc1ccc(C)n1-c1cccc(CC(C)C)n1. The lowest BCUT2D eigenvalue weighted by Crippen LogP contribution is -2.05. The second-order valence-electron chi connectivity index (χ2n) is 5.04. The average molecular weight is 228 g/mol. The molecule has 0 spiro atoms. The smallest absolute Gasteiger partial charge is 0.137 e. The third kappa shape index (κ3) is 2.57. The highest BCUT2D eigenvalue weighted by Gasteiger charge is 2.06. The van der Waals surface area contributed by atoms with Crippen LogP contribution in [0.25, 0.3) is 5.82 Å². The Morgan fingerprint density at radius 3 is 2.29 bits per heavy atom. The summed E-state index contributed by atoms with van der Waals surface area (Å²) < 4.78 is 2.20. The van der Waals surface area contributed by atoms with Gasteiger partial charge in [-0.05, 0) is 50.5 Å². The van der Waals surface area contributed by atoms with E-state index in [0.717, 1.165) is 12.2 Å². The Bertz CT molecular complexity index is 490. The summed E-state index contributed by atoms with van der Waals surface area (Å²) >= 11 is 0. The molecule has 0 aliphatic heterocycles. The predicted molar refractivity (Wildman–Crippen MR) is 71.6 cm³/mol. The monoisotopic (exact) mass is 228 g/mol. The first-order chi connectivity index (χ1) is 8.08. The fourth-order valence-corrected chi connectivity index (χ4v) is 2.15. The third-order valence-corrected chi connectivity index (χ3v) is 2.91. The van der Waals surface area contributed by atoms with Crippen LogP contribution >= 0.6 is 0 Å². The number of nitrogens with zero attached hydrogens (tertiary/aromatic N) is 2. The van der Waals surface area contributed by atoms with Gasteiger partial charge < -0.3 is 4.57 Å². The van der Waals surface area contributed by atoms with Gasteiger partial charge in [0.25, 0.3) is 0 Å². The highest BCUT2D eigenvalue weighted by Crippen LogP contribution is 2.15. The highest BCUT2D eigenvalue weighted by molar-refractivity contribution is 5.32. The topological polar surface area (TPSA) is 17.8 Å². The van der Waals surface area contributed by atoms with Crippen molar-refractivity contribution in [1.29, 1.82) is 0 Å². The second-order valence-corrected chi connectivity index (χ2v) is 5.04. The van der Waals surface area contributed by atoms with E-state index in [1.807, 2.05) is 0 Å². The second kappa shape index (κ2) is 4.74. The molecule has 2 aromatic heterocycles. The molecule has 0 atom stereocenters. The fraction of sp³-hybridized carbons (Fsp3) is 0.400. The number of rotatable bonds is 3. The van der Waals surface area contributed by atoms with E-state index in [1.165, 1.54) is 17.1 Å². The summed E-state index contributed by atoms with van der Waals surface area (Å²) in [6.45, 7) is 8.68. The molecule has 0 N–H and O–H groups in total. The van der Waals surface area contributed by atoms with Crippen LogP contribution in [-0.4, -0.2) is 9.55 Å². The molecule has 2 aromatic rings. The van der Waals surface area contributed by atoms with Gasteiger partial charge >= 0.3 is 0 Å². The molecule has 2 heteroatoms. The van der Waals surface area contributed by atoms with E-state index >= 15 is 0 Å². The van der Waals surface area contributed by atoms with E-state index < -0.39 is 0 Å². The minimum atomic E-state index is 0.643. The Hall–Kier alpha value is -1.57. The molecule has 0 fully saturated rings. The van der Waals surface area contributed by atoms with Crippen LogP contribution in [-0.2, 0) is 6.42 Å². The van der Waals surface area contributed by atoms with E-state index in [4.69, 9.17) is 4.98 Å². The predicted octanol–water partition coefficient (Wildman–Crippen LogP) is 3.69. The maximum Gasteiger partial charge on any atom is 0.137 e. The Balaban J connectivity index is 2.40. The number of pyridine rings is 1. The average Bonchev–Trinajstić information content (AvgIpc) is 2.58. The molecular formula is C15H20N2. The molecule has 90 valence electrons. The maximum absolute atomic E-state index is 4.74. The molecule has 17 heavy (non-hydrogen) atoms. The van der Waals surface area contributed by atoms with E-state index in [2.05, 4.69) is 62.6 Å². The molecule has 0 saturated carbocycles. The Morgan fingerprint density at radius 2 is 1.71 bits per heavy atom. The van der Waals surface area contributed by atoms with Gasteiger partial charge in [0.2, 0.25) is 0 Å². The molecule has 2 rings (SSSR count). The standard InChI is InChI=1S/C15H20N2/c1-11(2)10-14-6-5-7-15(16-14)17-12(3)8-9-13(17)4/h5-9,11H,10H2,1-4H3. The molecule has 0 bridgehead atoms. The first-order valence-electron chi connectivity index (χ1n) is 6.19. The largest absolute Gasteiger partial charge is 0.303 e. The molecule has 0 saturated heterocycles. The van der Waals surface area contributed by atoms with E-state index in [1.54, 1.807) is 0 Å². The van der Waals surface area contributed by atoms with Crippen molar-refractivity contribution >= 4 is 0 Å². The van der Waals surface area contributed by atoms with Gasteiger partial charge in [-0.2, -0.15) is 0 Å². The first-order valence-corrected chi connectivity index (χ1v) is 6.19. The Morgan fingerprint density at radius 1 is 1.06 bits per heavy atom. The van der Waals surface area contributed by atoms with Gasteiger partial charge in [0.1, 0.15) is 5.82 Å².